The van der Waals surface area contributed by atoms with E-state index in [1.807, 2.05) is 15.5 Å². The molecule has 9 heteroatoms. The number of pyridine rings is 1. The fraction of sp³-hybridized carbons (Fsp3) is 0.409. The average Bonchev–Trinajstić information content (AvgIpc) is 2.78. The summed E-state index contributed by atoms with van der Waals surface area (Å²) in [5, 5.41) is 3.20. The number of nitrogens with one attached hydrogen (secondary N) is 1. The maximum atomic E-state index is 12.9. The number of carbonyl (C=O) groups is 1. The normalized spacial score (nSPS) is 19.3. The summed E-state index contributed by atoms with van der Waals surface area (Å²) in [5.41, 5.74) is 1.43. The molecule has 1 amide bonds. The highest BCUT2D eigenvalue weighted by Crippen LogP contribution is 2.38. The van der Waals surface area contributed by atoms with Crippen LogP contribution in [0.4, 0.5) is 0 Å². The first-order chi connectivity index (χ1) is 14.9. The number of likely N-dealkylation sites (tertiary alicyclic amines) is 1. The fourth-order valence-electron chi connectivity index (χ4n) is 4.52. The van der Waals surface area contributed by atoms with E-state index in [4.69, 9.17) is 26.4 Å². The van der Waals surface area contributed by atoms with E-state index >= 15 is 0 Å². The molecule has 0 radical (unpaired) electrons. The Morgan fingerprint density at radius 3 is 2.42 bits per heavy atom. The van der Waals surface area contributed by atoms with E-state index < -0.39 is 0 Å². The van der Waals surface area contributed by atoms with E-state index in [0.29, 0.717) is 53.5 Å². The van der Waals surface area contributed by atoms with Crippen molar-refractivity contribution in [3.63, 3.8) is 0 Å². The first kappa shape index (κ1) is 21.2. The lowest BCUT2D eigenvalue weighted by atomic mass is 9.83. The molecule has 0 spiro atoms. The zero-order valence-electron chi connectivity index (χ0n) is 17.7. The molecule has 2 bridgehead atoms. The number of rotatable bonds is 4. The van der Waals surface area contributed by atoms with Crippen molar-refractivity contribution in [1.29, 1.82) is 0 Å². The van der Waals surface area contributed by atoms with E-state index in [0.717, 1.165) is 12.1 Å². The molecule has 2 aromatic rings. The standard InChI is InChI=1S/C22H25N3O5S/c1-28-17-8-14(9-18(29-2)20(17)30-3)21(27)23-22(31)24-10-13-7-15(12-24)16-5-4-6-19(26)25(16)11-13/h4-6,8-9,13,15H,7,10-12H2,1-3H3,(H,23,27,31)/t13-,15-/m0/s1. The Kier molecular flexibility index (Phi) is 5.86. The van der Waals surface area contributed by atoms with E-state index in [-0.39, 0.29) is 17.4 Å². The highest BCUT2D eigenvalue weighted by atomic mass is 32.1. The topological polar surface area (TPSA) is 82.0 Å². The van der Waals surface area contributed by atoms with Crippen LogP contribution in [0.1, 0.15) is 28.4 Å². The molecule has 1 saturated heterocycles. The van der Waals surface area contributed by atoms with Crippen molar-refractivity contribution in [2.75, 3.05) is 34.4 Å². The Labute approximate surface area is 185 Å². The van der Waals surface area contributed by atoms with Crippen LogP contribution in [0, 0.1) is 5.92 Å². The number of nitrogens with zero attached hydrogens (tertiary/aromatic N) is 2. The number of hydrogen-bond acceptors (Lipinski definition) is 6. The molecule has 0 saturated carbocycles. The van der Waals surface area contributed by atoms with Gasteiger partial charge in [-0.05, 0) is 42.8 Å². The molecule has 0 unspecified atom stereocenters. The lowest BCUT2D eigenvalue weighted by Gasteiger charge is -2.43. The monoisotopic (exact) mass is 443 g/mol. The van der Waals surface area contributed by atoms with Crippen LogP contribution in [-0.2, 0) is 6.54 Å². The molecule has 4 rings (SSSR count). The summed E-state index contributed by atoms with van der Waals surface area (Å²) in [7, 11) is 4.51. The number of fused-ring (bicyclic) bond motifs is 4. The average molecular weight is 444 g/mol. The lowest BCUT2D eigenvalue weighted by molar-refractivity contribution is 0.0967. The van der Waals surface area contributed by atoms with Crippen LogP contribution >= 0.6 is 12.2 Å². The molecular formula is C22H25N3O5S. The number of thiocarbonyl (C=S) groups is 1. The van der Waals surface area contributed by atoms with Crippen molar-refractivity contribution >= 4 is 23.2 Å². The highest BCUT2D eigenvalue weighted by Gasteiger charge is 2.35. The van der Waals surface area contributed by atoms with Gasteiger partial charge in [0.25, 0.3) is 11.5 Å². The molecule has 1 aromatic carbocycles. The molecule has 1 fully saturated rings. The van der Waals surface area contributed by atoms with Gasteiger partial charge in [0, 0.05) is 42.9 Å². The van der Waals surface area contributed by atoms with E-state index in [1.54, 1.807) is 24.3 Å². The maximum absolute atomic E-state index is 12.9. The predicted molar refractivity (Wildman–Crippen MR) is 119 cm³/mol. The largest absolute Gasteiger partial charge is 0.493 e. The number of hydrogen-bond donors (Lipinski definition) is 1. The summed E-state index contributed by atoms with van der Waals surface area (Å²) in [6.45, 7) is 2.03. The number of amides is 1. The van der Waals surface area contributed by atoms with Crippen LogP contribution in [0.5, 0.6) is 17.2 Å². The number of ether oxygens (including phenoxy) is 3. The van der Waals surface area contributed by atoms with Gasteiger partial charge >= 0.3 is 0 Å². The Morgan fingerprint density at radius 1 is 1.06 bits per heavy atom. The molecule has 2 aliphatic heterocycles. The van der Waals surface area contributed by atoms with Gasteiger partial charge in [-0.3, -0.25) is 14.9 Å². The van der Waals surface area contributed by atoms with E-state index in [1.165, 1.54) is 21.3 Å². The number of piperidine rings is 1. The third kappa shape index (κ3) is 3.97. The Morgan fingerprint density at radius 2 is 1.77 bits per heavy atom. The first-order valence-corrected chi connectivity index (χ1v) is 10.5. The van der Waals surface area contributed by atoms with Gasteiger partial charge in [-0.2, -0.15) is 0 Å². The maximum Gasteiger partial charge on any atom is 0.257 e. The SMILES string of the molecule is COc1cc(C(=O)NC(=S)N2C[C@@H]3C[C@@H](C2)c2cccc(=O)n2C3)cc(OC)c1OC. The Bertz CT molecular complexity index is 1060. The predicted octanol–water partition coefficient (Wildman–Crippen LogP) is 2.01. The van der Waals surface area contributed by atoms with Crippen LogP contribution in [0.3, 0.4) is 0 Å². The summed E-state index contributed by atoms with van der Waals surface area (Å²) < 4.78 is 17.8. The van der Waals surface area contributed by atoms with Gasteiger partial charge in [-0.1, -0.05) is 6.07 Å². The van der Waals surface area contributed by atoms with Crippen molar-refractivity contribution in [1.82, 2.24) is 14.8 Å². The van der Waals surface area contributed by atoms with Gasteiger partial charge in [0.2, 0.25) is 5.75 Å². The molecule has 2 aliphatic rings. The van der Waals surface area contributed by atoms with Gasteiger partial charge in [-0.25, -0.2) is 0 Å². The number of methoxy groups -OCH3 is 3. The smallest absolute Gasteiger partial charge is 0.257 e. The second kappa shape index (κ2) is 8.58. The molecular weight excluding hydrogens is 418 g/mol. The van der Waals surface area contributed by atoms with Crippen LogP contribution in [0.2, 0.25) is 0 Å². The molecule has 2 atom stereocenters. The second-order valence-corrected chi connectivity index (χ2v) is 8.16. The van der Waals surface area contributed by atoms with Crippen molar-refractivity contribution in [2.45, 2.75) is 18.9 Å². The summed E-state index contributed by atoms with van der Waals surface area (Å²) in [4.78, 5) is 27.1. The van der Waals surface area contributed by atoms with Gasteiger partial charge in [0.1, 0.15) is 0 Å². The molecule has 1 N–H and O–H groups in total. The zero-order chi connectivity index (χ0) is 22.1. The third-order valence-corrected chi connectivity index (χ3v) is 6.27. The van der Waals surface area contributed by atoms with E-state index in [9.17, 15) is 9.59 Å². The Balaban J connectivity index is 1.51. The Hall–Kier alpha value is -3.07. The minimum atomic E-state index is -0.350. The highest BCUT2D eigenvalue weighted by molar-refractivity contribution is 7.80. The number of carbonyl (C=O) groups excluding carboxylic acids is 1. The summed E-state index contributed by atoms with van der Waals surface area (Å²) >= 11 is 5.56. The first-order valence-electron chi connectivity index (χ1n) is 10.0. The molecule has 1 aromatic heterocycles. The van der Waals surface area contributed by atoms with Gasteiger partial charge in [-0.15, -0.1) is 0 Å². The van der Waals surface area contributed by atoms with Gasteiger partial charge < -0.3 is 23.7 Å². The lowest BCUT2D eigenvalue weighted by Crippen LogP contribution is -2.52. The number of benzene rings is 1. The van der Waals surface area contributed by atoms with Crippen LogP contribution in [0.25, 0.3) is 0 Å². The van der Waals surface area contributed by atoms with Crippen LogP contribution < -0.4 is 25.1 Å². The van der Waals surface area contributed by atoms with Gasteiger partial charge in [0.05, 0.1) is 21.3 Å². The van der Waals surface area contributed by atoms with Gasteiger partial charge in [0.15, 0.2) is 16.6 Å². The molecule has 31 heavy (non-hydrogen) atoms. The molecule has 164 valence electrons. The van der Waals surface area contributed by atoms with Crippen molar-refractivity contribution in [2.24, 2.45) is 5.92 Å². The fourth-order valence-corrected chi connectivity index (χ4v) is 4.76. The third-order valence-electron chi connectivity index (χ3n) is 5.91. The van der Waals surface area contributed by atoms with Crippen molar-refractivity contribution < 1.29 is 19.0 Å². The molecule has 3 heterocycles. The molecule has 8 nitrogen and oxygen atoms in total. The number of aromatic nitrogens is 1. The van der Waals surface area contributed by atoms with E-state index in [2.05, 4.69) is 5.32 Å². The van der Waals surface area contributed by atoms with Crippen molar-refractivity contribution in [3.8, 4) is 17.2 Å². The second-order valence-electron chi connectivity index (χ2n) is 7.78. The van der Waals surface area contributed by atoms with Crippen molar-refractivity contribution in [3.05, 3.63) is 51.9 Å². The summed E-state index contributed by atoms with van der Waals surface area (Å²) in [6, 6.07) is 8.59. The van der Waals surface area contributed by atoms with Crippen LogP contribution in [0.15, 0.2) is 35.1 Å². The summed E-state index contributed by atoms with van der Waals surface area (Å²) in [6.07, 6.45) is 1.02. The van der Waals surface area contributed by atoms with Crippen LogP contribution in [-0.4, -0.2) is 54.9 Å². The minimum absolute atomic E-state index is 0.0407. The minimum Gasteiger partial charge on any atom is -0.493 e. The molecule has 0 aliphatic carbocycles. The zero-order valence-corrected chi connectivity index (χ0v) is 18.5. The summed E-state index contributed by atoms with van der Waals surface area (Å²) in [5.74, 6) is 1.37. The quantitative estimate of drug-likeness (QED) is 0.724.